The summed E-state index contributed by atoms with van der Waals surface area (Å²) >= 11 is 0. The molecule has 0 saturated carbocycles. The third-order valence-electron chi connectivity index (χ3n) is 2.58. The van der Waals surface area contributed by atoms with Crippen molar-refractivity contribution in [3.8, 4) is 0 Å². The highest BCUT2D eigenvalue weighted by molar-refractivity contribution is 5.82. The van der Waals surface area contributed by atoms with Crippen molar-refractivity contribution in [2.24, 2.45) is 11.5 Å². The molecule has 4 nitrogen and oxygen atoms in total. The Bertz CT molecular complexity index is 458. The van der Waals surface area contributed by atoms with Gasteiger partial charge in [0.2, 0.25) is 0 Å². The molecule has 2 rings (SSSR count). The van der Waals surface area contributed by atoms with Gasteiger partial charge in [-0.15, -0.1) is 0 Å². The van der Waals surface area contributed by atoms with Gasteiger partial charge < -0.3 is 21.2 Å². The van der Waals surface area contributed by atoms with Gasteiger partial charge >= 0.3 is 0 Å². The number of carbonyl (C=O) groups is 1. The highest BCUT2D eigenvalue weighted by Gasteiger charge is 2.26. The van der Waals surface area contributed by atoms with Crippen molar-refractivity contribution in [3.63, 3.8) is 0 Å². The molecule has 0 aliphatic heterocycles. The largest absolute Gasteiger partial charge is 0.356 e. The third-order valence-corrected chi connectivity index (χ3v) is 2.58. The number of hydrogen-bond acceptors (Lipinski definition) is 3. The fourth-order valence-electron chi connectivity index (χ4n) is 1.55. The predicted octanol–water partition coefficient (Wildman–Crippen LogP) is 0.480. The number of nitrogens with one attached hydrogen (secondary N) is 1. The van der Waals surface area contributed by atoms with Crippen LogP contribution in [0.1, 0.15) is 5.69 Å². The Labute approximate surface area is 87.3 Å². The van der Waals surface area contributed by atoms with Gasteiger partial charge in [-0.2, -0.15) is 0 Å². The number of benzene rings is 1. The fraction of sp³-hybridized carbons (Fsp3) is 0.182. The molecule has 0 saturated heterocycles. The van der Waals surface area contributed by atoms with E-state index in [1.165, 1.54) is 0 Å². The molecule has 2 aromatic rings. The molecule has 0 fully saturated rings. The second kappa shape index (κ2) is 3.49. The summed E-state index contributed by atoms with van der Waals surface area (Å²) in [5.74, 6) is 0. The minimum atomic E-state index is -1.11. The maximum Gasteiger partial charge on any atom is 0.147 e. The summed E-state index contributed by atoms with van der Waals surface area (Å²) in [5, 5.41) is 1.03. The quantitative estimate of drug-likeness (QED) is 0.634. The van der Waals surface area contributed by atoms with E-state index in [0.717, 1.165) is 10.9 Å². The summed E-state index contributed by atoms with van der Waals surface area (Å²) in [4.78, 5) is 14.0. The first-order valence-electron chi connectivity index (χ1n) is 4.73. The average molecular weight is 203 g/mol. The van der Waals surface area contributed by atoms with Gasteiger partial charge in [0.25, 0.3) is 0 Å². The lowest BCUT2D eigenvalue weighted by Crippen LogP contribution is -2.45. The van der Waals surface area contributed by atoms with Gasteiger partial charge in [0.15, 0.2) is 0 Å². The van der Waals surface area contributed by atoms with E-state index in [1.807, 2.05) is 30.3 Å². The molecule has 4 heteroatoms. The van der Waals surface area contributed by atoms with Gasteiger partial charge in [-0.25, -0.2) is 0 Å². The van der Waals surface area contributed by atoms with Crippen LogP contribution in [0.5, 0.6) is 0 Å². The zero-order valence-corrected chi connectivity index (χ0v) is 8.23. The molecular weight excluding hydrogens is 190 g/mol. The number of H-pyrrole nitrogens is 1. The van der Waals surface area contributed by atoms with Crippen LogP contribution in [0.4, 0.5) is 0 Å². The molecule has 1 aromatic heterocycles. The molecule has 5 N–H and O–H groups in total. The van der Waals surface area contributed by atoms with Gasteiger partial charge in [-0.1, -0.05) is 18.2 Å². The number of para-hydroxylation sites is 1. The number of aromatic nitrogens is 1. The second-order valence-electron chi connectivity index (χ2n) is 3.63. The number of hydrogen-bond donors (Lipinski definition) is 3. The molecule has 1 heterocycles. The van der Waals surface area contributed by atoms with Crippen molar-refractivity contribution >= 4 is 17.2 Å². The summed E-state index contributed by atoms with van der Waals surface area (Å²) in [6, 6.07) is 9.60. The normalized spacial score (nSPS) is 15.1. The Morgan fingerprint density at radius 1 is 1.40 bits per heavy atom. The molecule has 1 unspecified atom stereocenters. The number of carbonyl (C=O) groups excluding carboxylic acids is 1. The molecular formula is C11H13N3O. The lowest BCUT2D eigenvalue weighted by molar-refractivity contribution is -0.112. The van der Waals surface area contributed by atoms with Crippen LogP contribution in [-0.4, -0.2) is 17.8 Å². The van der Waals surface area contributed by atoms with Crippen molar-refractivity contribution in [2.75, 3.05) is 6.54 Å². The van der Waals surface area contributed by atoms with Crippen molar-refractivity contribution in [1.29, 1.82) is 0 Å². The maximum absolute atomic E-state index is 10.9. The third kappa shape index (κ3) is 1.54. The Morgan fingerprint density at radius 3 is 2.73 bits per heavy atom. The van der Waals surface area contributed by atoms with Gasteiger partial charge in [-0.3, -0.25) is 0 Å². The van der Waals surface area contributed by atoms with Crippen molar-refractivity contribution in [3.05, 3.63) is 36.0 Å². The standard InChI is InChI=1S/C11H13N3O/c12-6-11(13,7-15)10-5-8-3-1-2-4-9(8)14-10/h1-5,7,14H,6,12-13H2. The SMILES string of the molecule is NCC(N)(C=O)c1cc2ccccc2[nH]1. The predicted molar refractivity (Wildman–Crippen MR) is 59.3 cm³/mol. The summed E-state index contributed by atoms with van der Waals surface area (Å²) in [6.07, 6.45) is 0.678. The van der Waals surface area contributed by atoms with Gasteiger partial charge in [0, 0.05) is 17.8 Å². The van der Waals surface area contributed by atoms with E-state index in [0.29, 0.717) is 12.0 Å². The van der Waals surface area contributed by atoms with Crippen molar-refractivity contribution in [2.45, 2.75) is 5.54 Å². The number of aromatic amines is 1. The molecule has 0 amide bonds. The monoisotopic (exact) mass is 203 g/mol. The number of fused-ring (bicyclic) bond motifs is 1. The molecule has 0 aliphatic rings. The fourth-order valence-corrected chi connectivity index (χ4v) is 1.55. The van der Waals surface area contributed by atoms with Crippen molar-refractivity contribution in [1.82, 2.24) is 4.98 Å². The lowest BCUT2D eigenvalue weighted by atomic mass is 9.99. The first-order chi connectivity index (χ1) is 7.19. The van der Waals surface area contributed by atoms with E-state index in [-0.39, 0.29) is 6.54 Å². The van der Waals surface area contributed by atoms with Gasteiger partial charge in [-0.05, 0) is 17.5 Å². The Kier molecular flexibility index (Phi) is 2.30. The topological polar surface area (TPSA) is 84.9 Å². The van der Waals surface area contributed by atoms with E-state index < -0.39 is 5.54 Å². The molecule has 15 heavy (non-hydrogen) atoms. The average Bonchev–Trinajstić information content (AvgIpc) is 2.72. The van der Waals surface area contributed by atoms with E-state index in [1.54, 1.807) is 0 Å². The zero-order chi connectivity index (χ0) is 10.9. The molecule has 0 radical (unpaired) electrons. The summed E-state index contributed by atoms with van der Waals surface area (Å²) in [7, 11) is 0. The van der Waals surface area contributed by atoms with Crippen LogP contribution in [0.25, 0.3) is 10.9 Å². The van der Waals surface area contributed by atoms with Crippen LogP contribution in [0.2, 0.25) is 0 Å². The highest BCUT2D eigenvalue weighted by atomic mass is 16.1. The number of rotatable bonds is 3. The smallest absolute Gasteiger partial charge is 0.147 e. The maximum atomic E-state index is 10.9. The zero-order valence-electron chi connectivity index (χ0n) is 8.23. The van der Waals surface area contributed by atoms with Crippen LogP contribution in [0.15, 0.2) is 30.3 Å². The second-order valence-corrected chi connectivity index (χ2v) is 3.63. The van der Waals surface area contributed by atoms with Crippen LogP contribution in [0.3, 0.4) is 0 Å². The molecule has 0 aliphatic carbocycles. The summed E-state index contributed by atoms with van der Waals surface area (Å²) < 4.78 is 0. The highest BCUT2D eigenvalue weighted by Crippen LogP contribution is 2.20. The minimum Gasteiger partial charge on any atom is -0.356 e. The van der Waals surface area contributed by atoms with Crippen LogP contribution < -0.4 is 11.5 Å². The first kappa shape index (κ1) is 9.89. The Hall–Kier alpha value is -1.65. The van der Waals surface area contributed by atoms with Gasteiger partial charge in [0.05, 0.1) is 0 Å². The molecule has 1 aromatic carbocycles. The number of aldehydes is 1. The van der Waals surface area contributed by atoms with Crippen LogP contribution >= 0.6 is 0 Å². The number of nitrogens with two attached hydrogens (primary N) is 2. The van der Waals surface area contributed by atoms with Crippen molar-refractivity contribution < 1.29 is 4.79 Å². The minimum absolute atomic E-state index is 0.0866. The summed E-state index contributed by atoms with van der Waals surface area (Å²) in [5.41, 5.74) is 11.9. The van der Waals surface area contributed by atoms with Gasteiger partial charge in [0.1, 0.15) is 11.8 Å². The van der Waals surface area contributed by atoms with E-state index in [9.17, 15) is 4.79 Å². The van der Waals surface area contributed by atoms with Crippen LogP contribution in [0, 0.1) is 0 Å². The summed E-state index contributed by atoms with van der Waals surface area (Å²) in [6.45, 7) is 0.0866. The molecule has 0 spiro atoms. The molecule has 0 bridgehead atoms. The van der Waals surface area contributed by atoms with Crippen LogP contribution in [-0.2, 0) is 10.3 Å². The molecule has 78 valence electrons. The Morgan fingerprint density at radius 2 is 2.13 bits per heavy atom. The Balaban J connectivity index is 2.57. The van der Waals surface area contributed by atoms with E-state index in [4.69, 9.17) is 11.5 Å². The van der Waals surface area contributed by atoms with E-state index in [2.05, 4.69) is 4.98 Å². The van der Waals surface area contributed by atoms with E-state index >= 15 is 0 Å². The first-order valence-corrected chi connectivity index (χ1v) is 4.73. The molecule has 1 atom stereocenters. The lowest BCUT2D eigenvalue weighted by Gasteiger charge is -2.18.